The average molecular weight is 465 g/mol. The molecular formula is C26H36N6O2. The van der Waals surface area contributed by atoms with Gasteiger partial charge in [0.15, 0.2) is 11.6 Å². The van der Waals surface area contributed by atoms with Crippen LogP contribution in [0, 0.1) is 19.8 Å². The predicted octanol–water partition coefficient (Wildman–Crippen LogP) is 2.50. The number of hydrogen-bond acceptors (Lipinski definition) is 7. The van der Waals surface area contributed by atoms with E-state index < -0.39 is 0 Å². The van der Waals surface area contributed by atoms with Crippen LogP contribution in [0.25, 0.3) is 0 Å². The van der Waals surface area contributed by atoms with E-state index in [2.05, 4.69) is 61.8 Å². The van der Waals surface area contributed by atoms with Gasteiger partial charge in [0.1, 0.15) is 0 Å². The SMILES string of the molecule is Cc1cccc(N2CCN(C(=O)[C@@H]3CCCN(c4ccc(N5CCOCC5)nn4)C3)CC2)c1C. The second-order valence-electron chi connectivity index (χ2n) is 9.67. The normalized spacial score (nSPS) is 21.6. The van der Waals surface area contributed by atoms with Gasteiger partial charge in [0, 0.05) is 58.0 Å². The van der Waals surface area contributed by atoms with Crippen LogP contribution in [-0.2, 0) is 9.53 Å². The minimum absolute atomic E-state index is 0.0294. The molecule has 2 aromatic rings. The highest BCUT2D eigenvalue weighted by Gasteiger charge is 2.32. The van der Waals surface area contributed by atoms with Crippen molar-refractivity contribution in [3.63, 3.8) is 0 Å². The van der Waals surface area contributed by atoms with Crippen molar-refractivity contribution in [2.24, 2.45) is 5.92 Å². The molecule has 0 N–H and O–H groups in total. The molecule has 3 fully saturated rings. The molecule has 3 aliphatic heterocycles. The van der Waals surface area contributed by atoms with Gasteiger partial charge in [-0.2, -0.15) is 0 Å². The summed E-state index contributed by atoms with van der Waals surface area (Å²) in [7, 11) is 0. The number of morpholine rings is 1. The largest absolute Gasteiger partial charge is 0.378 e. The van der Waals surface area contributed by atoms with Crippen molar-refractivity contribution in [1.82, 2.24) is 15.1 Å². The number of aromatic nitrogens is 2. The number of anilines is 3. The smallest absolute Gasteiger partial charge is 0.227 e. The number of carbonyl (C=O) groups is 1. The van der Waals surface area contributed by atoms with Gasteiger partial charge in [-0.25, -0.2) is 0 Å². The summed E-state index contributed by atoms with van der Waals surface area (Å²) in [5.41, 5.74) is 3.96. The first-order valence-corrected chi connectivity index (χ1v) is 12.6. The number of nitrogens with zero attached hydrogens (tertiary/aromatic N) is 6. The standard InChI is InChI=1S/C26H36N6O2/c1-20-5-3-7-23(21(20)2)29-11-13-31(14-12-29)26(33)22-6-4-10-32(19-22)25-9-8-24(27-28-25)30-15-17-34-18-16-30/h3,5,7-9,22H,4,6,10-19H2,1-2H3/t22-/m1/s1. The second kappa shape index (κ2) is 10.2. The zero-order chi connectivity index (χ0) is 23.5. The third kappa shape index (κ3) is 4.82. The molecule has 1 aromatic carbocycles. The van der Waals surface area contributed by atoms with E-state index in [-0.39, 0.29) is 5.92 Å². The lowest BCUT2D eigenvalue weighted by atomic mass is 9.96. The molecule has 1 atom stereocenters. The Morgan fingerprint density at radius 2 is 1.56 bits per heavy atom. The molecule has 0 radical (unpaired) electrons. The molecule has 1 amide bonds. The molecule has 0 unspecified atom stereocenters. The number of ether oxygens (including phenoxy) is 1. The number of benzene rings is 1. The zero-order valence-corrected chi connectivity index (χ0v) is 20.4. The molecule has 3 aliphatic rings. The fraction of sp³-hybridized carbons (Fsp3) is 0.577. The van der Waals surface area contributed by atoms with Crippen molar-refractivity contribution < 1.29 is 9.53 Å². The number of carbonyl (C=O) groups excluding carboxylic acids is 1. The second-order valence-corrected chi connectivity index (χ2v) is 9.67. The Labute approximate surface area is 202 Å². The number of rotatable bonds is 4. The van der Waals surface area contributed by atoms with Gasteiger partial charge in [-0.1, -0.05) is 12.1 Å². The highest BCUT2D eigenvalue weighted by atomic mass is 16.5. The Morgan fingerprint density at radius 3 is 2.26 bits per heavy atom. The number of piperidine rings is 1. The monoisotopic (exact) mass is 464 g/mol. The molecule has 0 saturated carbocycles. The van der Waals surface area contributed by atoms with E-state index in [1.165, 1.54) is 16.8 Å². The molecule has 182 valence electrons. The fourth-order valence-electron chi connectivity index (χ4n) is 5.34. The van der Waals surface area contributed by atoms with Gasteiger partial charge in [-0.15, -0.1) is 10.2 Å². The van der Waals surface area contributed by atoms with Gasteiger partial charge in [0.05, 0.1) is 19.1 Å². The fourth-order valence-corrected chi connectivity index (χ4v) is 5.34. The maximum absolute atomic E-state index is 13.4. The summed E-state index contributed by atoms with van der Waals surface area (Å²) in [5, 5.41) is 8.97. The van der Waals surface area contributed by atoms with Gasteiger partial charge in [-0.3, -0.25) is 4.79 Å². The highest BCUT2D eigenvalue weighted by Crippen LogP contribution is 2.27. The first-order valence-electron chi connectivity index (χ1n) is 12.6. The summed E-state index contributed by atoms with van der Waals surface area (Å²) in [6.07, 6.45) is 1.96. The third-order valence-electron chi connectivity index (χ3n) is 7.57. The van der Waals surface area contributed by atoms with Crippen molar-refractivity contribution in [3.8, 4) is 0 Å². The van der Waals surface area contributed by atoms with E-state index in [4.69, 9.17) is 4.74 Å². The molecule has 0 spiro atoms. The van der Waals surface area contributed by atoms with E-state index in [0.717, 1.165) is 90.0 Å². The minimum atomic E-state index is 0.0294. The predicted molar refractivity (Wildman–Crippen MR) is 135 cm³/mol. The Bertz CT molecular complexity index is 983. The van der Waals surface area contributed by atoms with Crippen molar-refractivity contribution in [3.05, 3.63) is 41.5 Å². The quantitative estimate of drug-likeness (QED) is 0.689. The molecule has 3 saturated heterocycles. The number of hydrogen-bond donors (Lipinski definition) is 0. The van der Waals surface area contributed by atoms with E-state index >= 15 is 0 Å². The Kier molecular flexibility index (Phi) is 6.85. The lowest BCUT2D eigenvalue weighted by molar-refractivity contribution is -0.136. The lowest BCUT2D eigenvalue weighted by Crippen LogP contribution is -2.52. The molecule has 0 aliphatic carbocycles. The Balaban J connectivity index is 1.17. The Hall–Kier alpha value is -2.87. The van der Waals surface area contributed by atoms with Crippen LogP contribution >= 0.6 is 0 Å². The molecule has 1 aromatic heterocycles. The molecule has 4 heterocycles. The van der Waals surface area contributed by atoms with Gasteiger partial charge in [-0.05, 0) is 56.0 Å². The maximum atomic E-state index is 13.4. The van der Waals surface area contributed by atoms with Gasteiger partial charge in [0.25, 0.3) is 0 Å². The number of amides is 1. The van der Waals surface area contributed by atoms with E-state index in [1.54, 1.807) is 0 Å². The van der Waals surface area contributed by atoms with Gasteiger partial charge in [0.2, 0.25) is 5.91 Å². The van der Waals surface area contributed by atoms with E-state index in [1.807, 2.05) is 12.1 Å². The lowest BCUT2D eigenvalue weighted by Gasteiger charge is -2.40. The molecule has 0 bridgehead atoms. The summed E-state index contributed by atoms with van der Waals surface area (Å²) in [5.74, 6) is 2.09. The topological polar surface area (TPSA) is 65.0 Å². The molecule has 5 rings (SSSR count). The van der Waals surface area contributed by atoms with Crippen LogP contribution in [0.2, 0.25) is 0 Å². The van der Waals surface area contributed by atoms with E-state index in [9.17, 15) is 4.79 Å². The third-order valence-corrected chi connectivity index (χ3v) is 7.57. The first-order chi connectivity index (χ1) is 16.6. The first kappa shape index (κ1) is 22.9. The van der Waals surface area contributed by atoms with Crippen LogP contribution in [-0.4, -0.2) is 86.6 Å². The molecule has 34 heavy (non-hydrogen) atoms. The summed E-state index contributed by atoms with van der Waals surface area (Å²) < 4.78 is 5.43. The molecule has 8 heteroatoms. The van der Waals surface area contributed by atoms with Crippen molar-refractivity contribution in [2.75, 3.05) is 80.3 Å². The summed E-state index contributed by atoms with van der Waals surface area (Å²) in [6.45, 7) is 12.5. The van der Waals surface area contributed by atoms with Crippen molar-refractivity contribution in [2.45, 2.75) is 26.7 Å². The molecular weight excluding hydrogens is 428 g/mol. The van der Waals surface area contributed by atoms with E-state index in [0.29, 0.717) is 5.91 Å². The number of aryl methyl sites for hydroxylation is 1. The summed E-state index contributed by atoms with van der Waals surface area (Å²) in [4.78, 5) is 22.3. The van der Waals surface area contributed by atoms with Gasteiger partial charge < -0.3 is 24.3 Å². The van der Waals surface area contributed by atoms with Crippen LogP contribution in [0.15, 0.2) is 30.3 Å². The average Bonchev–Trinajstić information content (AvgIpc) is 2.91. The maximum Gasteiger partial charge on any atom is 0.227 e. The van der Waals surface area contributed by atoms with Crippen LogP contribution in [0.4, 0.5) is 17.3 Å². The molecule has 8 nitrogen and oxygen atoms in total. The Morgan fingerprint density at radius 1 is 0.853 bits per heavy atom. The van der Waals surface area contributed by atoms with Crippen molar-refractivity contribution in [1.29, 1.82) is 0 Å². The summed E-state index contributed by atoms with van der Waals surface area (Å²) in [6, 6.07) is 10.6. The number of piperazine rings is 1. The summed E-state index contributed by atoms with van der Waals surface area (Å²) >= 11 is 0. The van der Waals surface area contributed by atoms with Crippen LogP contribution in [0.1, 0.15) is 24.0 Å². The highest BCUT2D eigenvalue weighted by molar-refractivity contribution is 5.80. The van der Waals surface area contributed by atoms with Gasteiger partial charge >= 0.3 is 0 Å². The van der Waals surface area contributed by atoms with Crippen LogP contribution in [0.3, 0.4) is 0 Å². The van der Waals surface area contributed by atoms with Crippen LogP contribution < -0.4 is 14.7 Å². The van der Waals surface area contributed by atoms with Crippen molar-refractivity contribution >= 4 is 23.2 Å². The zero-order valence-electron chi connectivity index (χ0n) is 20.4. The minimum Gasteiger partial charge on any atom is -0.378 e. The van der Waals surface area contributed by atoms with Crippen LogP contribution in [0.5, 0.6) is 0 Å².